The summed E-state index contributed by atoms with van der Waals surface area (Å²) >= 11 is 1.84. The zero-order valence-electron chi connectivity index (χ0n) is 9.93. The van der Waals surface area contributed by atoms with Crippen LogP contribution in [0, 0.1) is 13.8 Å². The molecular formula is C13H15BrN2S. The Morgan fingerprint density at radius 3 is 2.88 bits per heavy atom. The van der Waals surface area contributed by atoms with E-state index in [2.05, 4.69) is 41.6 Å². The molecule has 90 valence electrons. The molecular weight excluding hydrogens is 296 g/mol. The molecule has 2 nitrogen and oxygen atoms in total. The van der Waals surface area contributed by atoms with Crippen molar-refractivity contribution in [3.8, 4) is 11.3 Å². The van der Waals surface area contributed by atoms with E-state index in [-0.39, 0.29) is 17.0 Å². The smallest absolute Gasteiger partial charge is 0.168 e. The molecule has 2 aromatic rings. The molecule has 0 aliphatic carbocycles. The molecule has 3 rings (SSSR count). The Morgan fingerprint density at radius 2 is 2.12 bits per heavy atom. The summed E-state index contributed by atoms with van der Waals surface area (Å²) in [6.45, 7) is 5.39. The second kappa shape index (κ2) is 4.86. The Labute approximate surface area is 116 Å². The molecule has 1 aliphatic heterocycles. The summed E-state index contributed by atoms with van der Waals surface area (Å²) < 4.78 is 2.32. The summed E-state index contributed by atoms with van der Waals surface area (Å²) in [6, 6.07) is 6.61. The molecule has 0 fully saturated rings. The zero-order chi connectivity index (χ0) is 11.1. The van der Waals surface area contributed by atoms with Crippen LogP contribution >= 0.6 is 28.7 Å². The number of aryl methyl sites for hydroxylation is 2. The first-order chi connectivity index (χ1) is 7.75. The van der Waals surface area contributed by atoms with E-state index in [1.54, 1.807) is 0 Å². The molecule has 4 heteroatoms. The van der Waals surface area contributed by atoms with Gasteiger partial charge in [0.25, 0.3) is 0 Å². The van der Waals surface area contributed by atoms with Crippen LogP contribution in [-0.2, 0) is 6.54 Å². The van der Waals surface area contributed by atoms with E-state index in [0.29, 0.717) is 0 Å². The van der Waals surface area contributed by atoms with E-state index < -0.39 is 0 Å². The Kier molecular flexibility index (Phi) is 3.64. The van der Waals surface area contributed by atoms with Crippen molar-refractivity contribution >= 4 is 28.7 Å². The van der Waals surface area contributed by atoms with E-state index in [4.69, 9.17) is 0 Å². The van der Waals surface area contributed by atoms with Crippen molar-refractivity contribution in [2.45, 2.75) is 25.5 Å². The van der Waals surface area contributed by atoms with Crippen molar-refractivity contribution < 1.29 is 0 Å². The number of benzene rings is 1. The van der Waals surface area contributed by atoms with Gasteiger partial charge in [0.2, 0.25) is 0 Å². The number of imidazole rings is 1. The highest BCUT2D eigenvalue weighted by atomic mass is 79.9. The van der Waals surface area contributed by atoms with Crippen molar-refractivity contribution in [3.63, 3.8) is 0 Å². The van der Waals surface area contributed by atoms with Crippen LogP contribution < -0.4 is 0 Å². The van der Waals surface area contributed by atoms with Crippen molar-refractivity contribution in [2.75, 3.05) is 5.75 Å². The van der Waals surface area contributed by atoms with Crippen LogP contribution in [0.4, 0.5) is 0 Å². The second-order valence-corrected chi connectivity index (χ2v) is 5.31. The third-order valence-electron chi connectivity index (χ3n) is 3.02. The maximum absolute atomic E-state index is 4.46. The zero-order valence-corrected chi connectivity index (χ0v) is 12.5. The minimum absolute atomic E-state index is 0. The molecule has 0 radical (unpaired) electrons. The van der Waals surface area contributed by atoms with Crippen LogP contribution in [-0.4, -0.2) is 15.3 Å². The van der Waals surface area contributed by atoms with E-state index in [1.165, 1.54) is 22.4 Å². The van der Waals surface area contributed by atoms with Crippen molar-refractivity contribution in [3.05, 3.63) is 35.5 Å². The molecule has 0 saturated heterocycles. The molecule has 2 heterocycles. The summed E-state index contributed by atoms with van der Waals surface area (Å²) in [5.74, 6) is 1.15. The second-order valence-electron chi connectivity index (χ2n) is 4.24. The van der Waals surface area contributed by atoms with Gasteiger partial charge in [0.05, 0.1) is 11.9 Å². The highest BCUT2D eigenvalue weighted by Crippen LogP contribution is 2.32. The summed E-state index contributed by atoms with van der Waals surface area (Å²) in [4.78, 5) is 4.46. The van der Waals surface area contributed by atoms with Crippen LogP contribution in [0.25, 0.3) is 11.3 Å². The average Bonchev–Trinajstić information content (AvgIpc) is 2.80. The maximum Gasteiger partial charge on any atom is 0.168 e. The van der Waals surface area contributed by atoms with Crippen LogP contribution in [0.2, 0.25) is 0 Å². The van der Waals surface area contributed by atoms with Gasteiger partial charge < -0.3 is 4.57 Å². The summed E-state index contributed by atoms with van der Waals surface area (Å²) in [7, 11) is 0. The van der Waals surface area contributed by atoms with Gasteiger partial charge in [-0.2, -0.15) is 0 Å². The quantitative estimate of drug-likeness (QED) is 0.796. The average molecular weight is 311 g/mol. The summed E-state index contributed by atoms with van der Waals surface area (Å²) in [5.41, 5.74) is 5.22. The molecule has 17 heavy (non-hydrogen) atoms. The first-order valence-electron chi connectivity index (χ1n) is 5.51. The summed E-state index contributed by atoms with van der Waals surface area (Å²) in [6.07, 6.45) is 2.00. The van der Waals surface area contributed by atoms with E-state index in [9.17, 15) is 0 Å². The lowest BCUT2D eigenvalue weighted by Gasteiger charge is -2.08. The molecule has 0 atom stereocenters. The fraction of sp³-hybridized carbons (Fsp3) is 0.308. The van der Waals surface area contributed by atoms with Gasteiger partial charge in [-0.15, -0.1) is 17.0 Å². The fourth-order valence-corrected chi connectivity index (χ4v) is 3.16. The van der Waals surface area contributed by atoms with E-state index in [1.807, 2.05) is 18.0 Å². The number of fused-ring (bicyclic) bond motifs is 1. The first-order valence-corrected chi connectivity index (χ1v) is 6.50. The monoisotopic (exact) mass is 310 g/mol. The molecule has 0 saturated carbocycles. The Bertz CT molecular complexity index is 548. The van der Waals surface area contributed by atoms with Crippen LogP contribution in [0.15, 0.2) is 29.6 Å². The molecule has 1 aromatic carbocycles. The SMILES string of the molecule is Br.Cc1ccc(-c2cnc3n2CCS3)c(C)c1. The molecule has 1 aromatic heterocycles. The lowest BCUT2D eigenvalue weighted by molar-refractivity contribution is 0.726. The van der Waals surface area contributed by atoms with Gasteiger partial charge in [-0.05, 0) is 19.4 Å². The molecule has 0 bridgehead atoms. The highest BCUT2D eigenvalue weighted by Gasteiger charge is 2.17. The Morgan fingerprint density at radius 1 is 1.29 bits per heavy atom. The number of nitrogens with zero attached hydrogens (tertiary/aromatic N) is 2. The maximum atomic E-state index is 4.46. The highest BCUT2D eigenvalue weighted by molar-refractivity contribution is 8.93. The normalized spacial score (nSPS) is 13.3. The molecule has 0 unspecified atom stereocenters. The first kappa shape index (κ1) is 12.7. The lowest BCUT2D eigenvalue weighted by Crippen LogP contribution is -1.97. The fourth-order valence-electron chi connectivity index (χ4n) is 2.23. The van der Waals surface area contributed by atoms with Gasteiger partial charge in [-0.1, -0.05) is 35.5 Å². The minimum Gasteiger partial charge on any atom is -0.318 e. The Balaban J connectivity index is 0.00000108. The number of hydrogen-bond acceptors (Lipinski definition) is 2. The van der Waals surface area contributed by atoms with Gasteiger partial charge in [0, 0.05) is 17.9 Å². The van der Waals surface area contributed by atoms with Crippen molar-refractivity contribution in [1.29, 1.82) is 0 Å². The molecule has 0 amide bonds. The van der Waals surface area contributed by atoms with Crippen molar-refractivity contribution in [2.24, 2.45) is 0 Å². The lowest BCUT2D eigenvalue weighted by atomic mass is 10.0. The van der Waals surface area contributed by atoms with Gasteiger partial charge in [-0.25, -0.2) is 4.98 Å². The molecule has 1 aliphatic rings. The van der Waals surface area contributed by atoms with Crippen LogP contribution in [0.5, 0.6) is 0 Å². The minimum atomic E-state index is 0. The van der Waals surface area contributed by atoms with Gasteiger partial charge in [0.1, 0.15) is 0 Å². The largest absolute Gasteiger partial charge is 0.318 e. The number of aromatic nitrogens is 2. The number of thioether (sulfide) groups is 1. The third kappa shape index (κ3) is 2.16. The van der Waals surface area contributed by atoms with Crippen molar-refractivity contribution in [1.82, 2.24) is 9.55 Å². The molecule has 0 spiro atoms. The number of halogens is 1. The van der Waals surface area contributed by atoms with E-state index >= 15 is 0 Å². The van der Waals surface area contributed by atoms with Gasteiger partial charge >= 0.3 is 0 Å². The van der Waals surface area contributed by atoms with E-state index in [0.717, 1.165) is 17.5 Å². The van der Waals surface area contributed by atoms with Crippen LogP contribution in [0.3, 0.4) is 0 Å². The Hall–Kier alpha value is -0.740. The number of hydrogen-bond donors (Lipinski definition) is 0. The standard InChI is InChI=1S/C13H14N2S.BrH/c1-9-3-4-11(10(2)7-9)12-8-14-13-15(12)5-6-16-13;/h3-4,7-8H,5-6H2,1-2H3;1H. The predicted molar refractivity (Wildman–Crippen MR) is 78.2 cm³/mol. The van der Waals surface area contributed by atoms with Gasteiger partial charge in [0.15, 0.2) is 5.16 Å². The van der Waals surface area contributed by atoms with Gasteiger partial charge in [-0.3, -0.25) is 0 Å². The summed E-state index contributed by atoms with van der Waals surface area (Å²) in [5, 5.41) is 1.16. The van der Waals surface area contributed by atoms with Crippen LogP contribution in [0.1, 0.15) is 11.1 Å². The number of rotatable bonds is 1. The third-order valence-corrected chi connectivity index (χ3v) is 3.99. The molecule has 0 N–H and O–H groups in total. The predicted octanol–water partition coefficient (Wildman–Crippen LogP) is 3.85. The topological polar surface area (TPSA) is 17.8 Å².